The Hall–Kier alpha value is -4.09. The number of allylic oxidation sites excluding steroid dienone is 1. The van der Waals surface area contributed by atoms with E-state index in [0.717, 1.165) is 0 Å². The topological polar surface area (TPSA) is 115 Å². The van der Waals surface area contributed by atoms with Crippen molar-refractivity contribution in [3.8, 4) is 17.2 Å². The van der Waals surface area contributed by atoms with Crippen LogP contribution in [-0.2, 0) is 19.1 Å². The lowest BCUT2D eigenvalue weighted by atomic mass is 9.95. The predicted molar refractivity (Wildman–Crippen MR) is 154 cm³/mol. The molecule has 0 spiro atoms. The third-order valence-corrected chi connectivity index (χ3v) is 7.35. The molecule has 41 heavy (non-hydrogen) atoms. The summed E-state index contributed by atoms with van der Waals surface area (Å²) in [5.41, 5.74) is 1.43. The van der Waals surface area contributed by atoms with Gasteiger partial charge in [0.25, 0.3) is 5.56 Å². The Balaban J connectivity index is 1.84. The number of thiazole rings is 1. The molecule has 216 valence electrons. The Morgan fingerprint density at radius 2 is 1.80 bits per heavy atom. The molecule has 0 unspecified atom stereocenters. The van der Waals surface area contributed by atoms with E-state index in [-0.39, 0.29) is 24.3 Å². The van der Waals surface area contributed by atoms with Crippen molar-refractivity contribution in [1.82, 2.24) is 4.57 Å². The third-order valence-electron chi connectivity index (χ3n) is 6.13. The van der Waals surface area contributed by atoms with Crippen molar-refractivity contribution in [2.45, 2.75) is 26.8 Å². The van der Waals surface area contributed by atoms with Gasteiger partial charge in [-0.3, -0.25) is 9.36 Å². The molecule has 10 nitrogen and oxygen atoms in total. The summed E-state index contributed by atoms with van der Waals surface area (Å²) in [7, 11) is 2.77. The average molecular weight is 601 g/mol. The number of carbonyl (C=O) groups excluding carboxylic acids is 2. The van der Waals surface area contributed by atoms with E-state index in [1.54, 1.807) is 56.3 Å². The molecule has 0 radical (unpaired) electrons. The summed E-state index contributed by atoms with van der Waals surface area (Å²) in [6, 6.07) is 9.23. The van der Waals surface area contributed by atoms with E-state index in [9.17, 15) is 14.4 Å². The number of methoxy groups -OCH3 is 2. The van der Waals surface area contributed by atoms with Crippen molar-refractivity contribution in [3.63, 3.8) is 0 Å². The highest BCUT2D eigenvalue weighted by molar-refractivity contribution is 7.07. The molecule has 0 aliphatic carbocycles. The van der Waals surface area contributed by atoms with Crippen LogP contribution in [0.1, 0.15) is 37.9 Å². The van der Waals surface area contributed by atoms with Crippen LogP contribution in [0.25, 0.3) is 6.08 Å². The lowest BCUT2D eigenvalue weighted by Crippen LogP contribution is -2.40. The second-order valence-corrected chi connectivity index (χ2v) is 10.1. The van der Waals surface area contributed by atoms with Crippen LogP contribution >= 0.6 is 22.9 Å². The van der Waals surface area contributed by atoms with Gasteiger partial charge in [-0.05, 0) is 62.7 Å². The molecule has 2 aromatic carbocycles. The van der Waals surface area contributed by atoms with Gasteiger partial charge in [-0.15, -0.1) is 0 Å². The van der Waals surface area contributed by atoms with Gasteiger partial charge in [0.2, 0.25) is 0 Å². The number of rotatable bonds is 10. The minimum absolute atomic E-state index is 0.203. The van der Waals surface area contributed by atoms with Gasteiger partial charge < -0.3 is 23.7 Å². The van der Waals surface area contributed by atoms with Crippen molar-refractivity contribution in [3.05, 3.63) is 83.5 Å². The van der Waals surface area contributed by atoms with Gasteiger partial charge in [0.15, 0.2) is 22.9 Å². The van der Waals surface area contributed by atoms with Crippen LogP contribution in [-0.4, -0.2) is 50.5 Å². The molecule has 1 aliphatic heterocycles. The van der Waals surface area contributed by atoms with Crippen LogP contribution in [0.15, 0.2) is 57.5 Å². The summed E-state index contributed by atoms with van der Waals surface area (Å²) >= 11 is 7.50. The average Bonchev–Trinajstić information content (AvgIpc) is 3.25. The van der Waals surface area contributed by atoms with Gasteiger partial charge in [-0.2, -0.15) is 0 Å². The second-order valence-electron chi connectivity index (χ2n) is 8.69. The first-order valence-corrected chi connectivity index (χ1v) is 13.9. The molecule has 0 bridgehead atoms. The highest BCUT2D eigenvalue weighted by Gasteiger charge is 2.35. The fraction of sp³-hybridized carbons (Fsp3) is 0.310. The summed E-state index contributed by atoms with van der Waals surface area (Å²) in [4.78, 5) is 43.5. The first-order valence-electron chi connectivity index (χ1n) is 12.7. The van der Waals surface area contributed by atoms with E-state index in [1.807, 2.05) is 6.92 Å². The fourth-order valence-electron chi connectivity index (χ4n) is 4.40. The first-order chi connectivity index (χ1) is 19.7. The molecule has 1 aromatic heterocycles. The molecule has 1 aliphatic rings. The normalized spacial score (nSPS) is 14.7. The molecule has 1 atom stereocenters. The third kappa shape index (κ3) is 6.31. The van der Waals surface area contributed by atoms with Crippen molar-refractivity contribution >= 4 is 41.0 Å². The minimum Gasteiger partial charge on any atom is -0.496 e. The van der Waals surface area contributed by atoms with E-state index in [2.05, 4.69) is 4.99 Å². The molecular weight excluding hydrogens is 572 g/mol. The molecule has 4 rings (SSSR count). The van der Waals surface area contributed by atoms with Gasteiger partial charge >= 0.3 is 11.9 Å². The van der Waals surface area contributed by atoms with Gasteiger partial charge in [-0.1, -0.05) is 29.0 Å². The molecule has 0 N–H and O–H groups in total. The summed E-state index contributed by atoms with van der Waals surface area (Å²) in [6.45, 7) is 5.58. The summed E-state index contributed by atoms with van der Waals surface area (Å²) < 4.78 is 28.7. The number of ether oxygens (including phenoxy) is 5. The lowest BCUT2D eigenvalue weighted by Gasteiger charge is -2.25. The van der Waals surface area contributed by atoms with Crippen molar-refractivity contribution in [1.29, 1.82) is 0 Å². The van der Waals surface area contributed by atoms with E-state index in [1.165, 1.54) is 30.1 Å². The molecule has 3 aromatic rings. The first kappa shape index (κ1) is 29.9. The Morgan fingerprint density at radius 1 is 1.05 bits per heavy atom. The number of carbonyl (C=O) groups is 2. The van der Waals surface area contributed by atoms with Crippen molar-refractivity contribution in [2.24, 2.45) is 4.99 Å². The van der Waals surface area contributed by atoms with Gasteiger partial charge in [-0.25, -0.2) is 14.6 Å². The van der Waals surface area contributed by atoms with Crippen LogP contribution in [0.5, 0.6) is 17.2 Å². The zero-order valence-electron chi connectivity index (χ0n) is 23.2. The van der Waals surface area contributed by atoms with E-state index >= 15 is 0 Å². The molecule has 0 saturated carbocycles. The maximum atomic E-state index is 13.9. The number of halogens is 1. The van der Waals surface area contributed by atoms with Gasteiger partial charge in [0, 0.05) is 10.6 Å². The van der Waals surface area contributed by atoms with Crippen molar-refractivity contribution in [2.75, 3.05) is 34.0 Å². The number of hydrogen-bond donors (Lipinski definition) is 0. The largest absolute Gasteiger partial charge is 0.496 e. The number of benzene rings is 2. The SMILES string of the molecule is CCOC(=O)COc1ccc(/C=c2\sc3n(c2=O)[C@H](c2cc(Cl)ccc2OC)C(C(=O)OC)=C(C)N=3)cc1OCC. The standard InChI is InChI=1S/C29H29ClN2O8S/c1-6-38-22-12-17(8-10-21(22)40-15-24(33)39-7-2)13-23-27(34)32-26(19-14-18(30)9-11-20(19)36-4)25(28(35)37-5)16(3)31-29(32)41-23/h8-14,26H,6-7,15H2,1-5H3/b23-13-/t26-/m1/s1. The Labute approximate surface area is 245 Å². The fourth-order valence-corrected chi connectivity index (χ4v) is 5.63. The van der Waals surface area contributed by atoms with Crippen LogP contribution in [0.2, 0.25) is 5.02 Å². The summed E-state index contributed by atoms with van der Waals surface area (Å²) in [6.07, 6.45) is 1.70. The van der Waals surface area contributed by atoms with Crippen molar-refractivity contribution < 1.29 is 33.3 Å². The Bertz CT molecular complexity index is 1690. The molecular formula is C29H29ClN2O8S. The Morgan fingerprint density at radius 3 is 2.49 bits per heavy atom. The lowest BCUT2D eigenvalue weighted by molar-refractivity contribution is -0.145. The summed E-state index contributed by atoms with van der Waals surface area (Å²) in [5.74, 6) is 0.110. The van der Waals surface area contributed by atoms with Crippen LogP contribution < -0.4 is 29.1 Å². The van der Waals surface area contributed by atoms with Crippen LogP contribution in [0, 0.1) is 0 Å². The highest BCUT2D eigenvalue weighted by atomic mass is 35.5. The molecule has 0 saturated heterocycles. The predicted octanol–water partition coefficient (Wildman–Crippen LogP) is 3.41. The zero-order valence-corrected chi connectivity index (χ0v) is 24.8. The number of esters is 2. The van der Waals surface area contributed by atoms with Gasteiger partial charge in [0.1, 0.15) is 11.8 Å². The minimum atomic E-state index is -0.882. The second kappa shape index (κ2) is 13.0. The van der Waals surface area contributed by atoms with Crippen LogP contribution in [0.4, 0.5) is 0 Å². The highest BCUT2D eigenvalue weighted by Crippen LogP contribution is 2.37. The smallest absolute Gasteiger partial charge is 0.344 e. The Kier molecular flexibility index (Phi) is 9.51. The summed E-state index contributed by atoms with van der Waals surface area (Å²) in [5, 5.41) is 0.413. The number of aromatic nitrogens is 1. The molecule has 0 fully saturated rings. The van der Waals surface area contributed by atoms with Crippen LogP contribution in [0.3, 0.4) is 0 Å². The zero-order chi connectivity index (χ0) is 29.7. The quantitative estimate of drug-likeness (QED) is 0.325. The van der Waals surface area contributed by atoms with Gasteiger partial charge in [0.05, 0.1) is 43.2 Å². The maximum Gasteiger partial charge on any atom is 0.344 e. The molecule has 12 heteroatoms. The maximum absolute atomic E-state index is 13.9. The number of hydrogen-bond acceptors (Lipinski definition) is 10. The number of fused-ring (bicyclic) bond motifs is 1. The van der Waals surface area contributed by atoms with E-state index in [0.29, 0.717) is 55.0 Å². The van der Waals surface area contributed by atoms with E-state index < -0.39 is 18.0 Å². The molecule has 2 heterocycles. The number of nitrogens with zero attached hydrogens (tertiary/aromatic N) is 2. The van der Waals surface area contributed by atoms with E-state index in [4.69, 9.17) is 35.3 Å². The monoisotopic (exact) mass is 600 g/mol. The molecule has 0 amide bonds.